The van der Waals surface area contributed by atoms with Gasteiger partial charge in [-0.05, 0) is 62.6 Å². The van der Waals surface area contributed by atoms with E-state index in [0.717, 1.165) is 25.7 Å². The molecule has 124 valence electrons. The lowest BCUT2D eigenvalue weighted by Crippen LogP contribution is -2.63. The van der Waals surface area contributed by atoms with Crippen molar-refractivity contribution in [2.24, 2.45) is 5.92 Å². The minimum Gasteiger partial charge on any atom is -0.318 e. The molecular weight excluding hydrogens is 315 g/mol. The maximum Gasteiger partial charge on any atom is 0.322 e. The molecule has 4 fully saturated rings. The first kappa shape index (κ1) is 15.3. The molecule has 0 aromatic heterocycles. The lowest BCUT2D eigenvalue weighted by atomic mass is 9.74. The number of halogens is 2. The highest BCUT2D eigenvalue weighted by Crippen LogP contribution is 2.48. The molecule has 5 heteroatoms. The van der Waals surface area contributed by atoms with Crippen LogP contribution in [0.4, 0.5) is 14.9 Å². The van der Waals surface area contributed by atoms with Crippen molar-refractivity contribution in [3.63, 3.8) is 0 Å². The number of rotatable bonds is 2. The van der Waals surface area contributed by atoms with Crippen LogP contribution in [-0.4, -0.2) is 23.0 Å². The summed E-state index contributed by atoms with van der Waals surface area (Å²) in [5.41, 5.74) is -0.169. The summed E-state index contributed by atoms with van der Waals surface area (Å²) in [7, 11) is 0. The largest absolute Gasteiger partial charge is 0.322 e. The molecule has 2 saturated carbocycles. The highest BCUT2D eigenvalue weighted by molar-refractivity contribution is 6.31. The molecule has 2 amide bonds. The maximum absolute atomic E-state index is 14.7. The fraction of sp³-hybridized carbons (Fsp3) is 0.611. The first-order valence-corrected chi connectivity index (χ1v) is 8.92. The lowest BCUT2D eigenvalue weighted by molar-refractivity contribution is -0.00602. The molecule has 0 radical (unpaired) electrons. The lowest BCUT2D eigenvalue weighted by Gasteiger charge is -2.54. The van der Waals surface area contributed by atoms with Crippen LogP contribution in [0.15, 0.2) is 18.2 Å². The van der Waals surface area contributed by atoms with Crippen LogP contribution in [0.3, 0.4) is 0 Å². The van der Waals surface area contributed by atoms with Gasteiger partial charge in [0.15, 0.2) is 0 Å². The molecule has 5 rings (SSSR count). The second-order valence-electron chi connectivity index (χ2n) is 7.47. The zero-order chi connectivity index (χ0) is 16.2. The average Bonchev–Trinajstić information content (AvgIpc) is 2.46. The average molecular weight is 337 g/mol. The van der Waals surface area contributed by atoms with Crippen molar-refractivity contribution in [3.05, 3.63) is 28.8 Å². The molecule has 4 aliphatic rings. The van der Waals surface area contributed by atoms with Gasteiger partial charge in [0.05, 0.1) is 0 Å². The van der Waals surface area contributed by atoms with E-state index < -0.39 is 5.67 Å². The van der Waals surface area contributed by atoms with Gasteiger partial charge in [-0.25, -0.2) is 9.18 Å². The van der Waals surface area contributed by atoms with Crippen LogP contribution in [0.2, 0.25) is 5.02 Å². The number of carbonyl (C=O) groups excluding carboxylic acids is 1. The summed E-state index contributed by atoms with van der Waals surface area (Å²) in [4.78, 5) is 14.5. The Morgan fingerprint density at radius 3 is 2.61 bits per heavy atom. The molecule has 2 heterocycles. The van der Waals surface area contributed by atoms with Gasteiger partial charge in [-0.3, -0.25) is 0 Å². The van der Waals surface area contributed by atoms with E-state index in [1.165, 1.54) is 0 Å². The number of urea groups is 1. The Balaban J connectivity index is 1.49. The second-order valence-corrected chi connectivity index (χ2v) is 7.88. The van der Waals surface area contributed by atoms with Crippen molar-refractivity contribution in [1.29, 1.82) is 0 Å². The number of nitrogens with one attached hydrogen (secondary N) is 1. The third-order valence-corrected chi connectivity index (χ3v) is 6.09. The van der Waals surface area contributed by atoms with Crippen molar-refractivity contribution >= 4 is 23.3 Å². The van der Waals surface area contributed by atoms with Crippen LogP contribution < -0.4 is 5.32 Å². The Hall–Kier alpha value is -1.29. The highest BCUT2D eigenvalue weighted by atomic mass is 35.5. The van der Waals surface area contributed by atoms with Crippen LogP contribution in [0.1, 0.15) is 51.0 Å². The number of amides is 2. The standard InChI is InChI=1S/C18H22ClFN2O/c1-11-7-13-10-14(8-11)22(13)17(23)21-12-3-4-16(19)15(9-12)18(20)5-2-6-18/h3-4,9,11,13-14H,2,5-8,10H2,1H3,(H,21,23). The minimum absolute atomic E-state index is 0.0621. The Kier molecular flexibility index (Phi) is 3.56. The summed E-state index contributed by atoms with van der Waals surface area (Å²) in [6, 6.07) is 5.82. The van der Waals surface area contributed by atoms with Gasteiger partial charge in [-0.15, -0.1) is 0 Å². The molecule has 2 aliphatic heterocycles. The van der Waals surface area contributed by atoms with E-state index in [0.29, 0.717) is 47.1 Å². The van der Waals surface area contributed by atoms with E-state index in [-0.39, 0.29) is 6.03 Å². The summed E-state index contributed by atoms with van der Waals surface area (Å²) in [6.45, 7) is 2.25. The normalized spacial score (nSPS) is 31.1. The van der Waals surface area contributed by atoms with Gasteiger partial charge in [-0.1, -0.05) is 18.5 Å². The Morgan fingerprint density at radius 2 is 2.00 bits per heavy atom. The van der Waals surface area contributed by atoms with Gasteiger partial charge < -0.3 is 10.2 Å². The SMILES string of the molecule is CC1CC2CC(C1)N2C(=O)Nc1ccc(Cl)c(C2(F)CCC2)c1. The smallest absolute Gasteiger partial charge is 0.318 e. The number of nitrogens with zero attached hydrogens (tertiary/aromatic N) is 1. The molecule has 2 atom stereocenters. The summed E-state index contributed by atoms with van der Waals surface area (Å²) >= 11 is 6.16. The summed E-state index contributed by atoms with van der Waals surface area (Å²) in [6.07, 6.45) is 5.21. The van der Waals surface area contributed by atoms with E-state index in [1.807, 2.05) is 4.90 Å². The van der Waals surface area contributed by atoms with Crippen molar-refractivity contribution in [2.45, 2.75) is 63.2 Å². The van der Waals surface area contributed by atoms with Crippen molar-refractivity contribution in [2.75, 3.05) is 5.32 Å². The third kappa shape index (κ3) is 2.51. The highest BCUT2D eigenvalue weighted by Gasteiger charge is 2.46. The molecule has 2 aliphatic carbocycles. The number of fused-ring (bicyclic) bond motifs is 2. The van der Waals surface area contributed by atoms with E-state index >= 15 is 0 Å². The number of hydrogen-bond donors (Lipinski definition) is 1. The van der Waals surface area contributed by atoms with Crippen LogP contribution in [0.25, 0.3) is 0 Å². The zero-order valence-corrected chi connectivity index (χ0v) is 14.1. The fourth-order valence-corrected chi connectivity index (χ4v) is 4.66. The Bertz CT molecular complexity index is 634. The van der Waals surface area contributed by atoms with E-state index in [2.05, 4.69) is 12.2 Å². The quantitative estimate of drug-likeness (QED) is 0.801. The van der Waals surface area contributed by atoms with Gasteiger partial charge in [0.1, 0.15) is 5.67 Å². The molecule has 1 N–H and O–H groups in total. The molecular formula is C18H22ClFN2O. The molecule has 0 spiro atoms. The molecule has 1 aromatic rings. The fourth-order valence-electron chi connectivity index (χ4n) is 4.37. The molecule has 2 bridgehead atoms. The first-order valence-electron chi connectivity index (χ1n) is 8.54. The summed E-state index contributed by atoms with van der Waals surface area (Å²) in [5.74, 6) is 0.704. The molecule has 3 nitrogen and oxygen atoms in total. The minimum atomic E-state index is -1.32. The first-order chi connectivity index (χ1) is 11.0. The van der Waals surface area contributed by atoms with Crippen LogP contribution in [0.5, 0.6) is 0 Å². The summed E-state index contributed by atoms with van der Waals surface area (Å²) < 4.78 is 14.7. The van der Waals surface area contributed by atoms with Crippen molar-refractivity contribution in [1.82, 2.24) is 4.90 Å². The van der Waals surface area contributed by atoms with Crippen LogP contribution >= 0.6 is 11.6 Å². The Morgan fingerprint density at radius 1 is 1.30 bits per heavy atom. The number of hydrogen-bond acceptors (Lipinski definition) is 1. The zero-order valence-electron chi connectivity index (χ0n) is 13.3. The van der Waals surface area contributed by atoms with E-state index in [4.69, 9.17) is 11.6 Å². The number of alkyl halides is 1. The van der Waals surface area contributed by atoms with Crippen molar-refractivity contribution in [3.8, 4) is 0 Å². The van der Waals surface area contributed by atoms with E-state index in [1.54, 1.807) is 18.2 Å². The van der Waals surface area contributed by atoms with E-state index in [9.17, 15) is 9.18 Å². The Labute approximate surface area is 141 Å². The van der Waals surface area contributed by atoms with Gasteiger partial charge in [0.25, 0.3) is 0 Å². The number of carbonyl (C=O) groups is 1. The van der Waals surface area contributed by atoms with Gasteiger partial charge in [-0.2, -0.15) is 0 Å². The number of benzene rings is 1. The second kappa shape index (κ2) is 5.37. The predicted molar refractivity (Wildman–Crippen MR) is 89.5 cm³/mol. The number of anilines is 1. The summed E-state index contributed by atoms with van der Waals surface area (Å²) in [5, 5.41) is 3.38. The molecule has 2 saturated heterocycles. The van der Waals surface area contributed by atoms with Crippen LogP contribution in [0, 0.1) is 5.92 Å². The molecule has 2 unspecified atom stereocenters. The van der Waals surface area contributed by atoms with Crippen molar-refractivity contribution < 1.29 is 9.18 Å². The van der Waals surface area contributed by atoms with Gasteiger partial charge in [0, 0.05) is 28.4 Å². The monoisotopic (exact) mass is 336 g/mol. The van der Waals surface area contributed by atoms with Crippen LogP contribution in [-0.2, 0) is 5.67 Å². The third-order valence-electron chi connectivity index (χ3n) is 5.76. The maximum atomic E-state index is 14.7. The topological polar surface area (TPSA) is 32.3 Å². The molecule has 23 heavy (non-hydrogen) atoms. The predicted octanol–water partition coefficient (Wildman–Crippen LogP) is 5.09. The van der Waals surface area contributed by atoms with Gasteiger partial charge in [0.2, 0.25) is 0 Å². The number of piperidine rings is 1. The van der Waals surface area contributed by atoms with Gasteiger partial charge >= 0.3 is 6.03 Å². The molecule has 1 aromatic carbocycles.